The molecule has 4 N–H and O–H groups in total. The third-order valence-corrected chi connectivity index (χ3v) is 4.24. The fraction of sp³-hybridized carbons (Fsp3) is 0.400. The minimum Gasteiger partial charge on any atom is -0.399 e. The number of nitrogens with one attached hydrogen (secondary N) is 2. The second kappa shape index (κ2) is 4.52. The van der Waals surface area contributed by atoms with E-state index in [2.05, 4.69) is 10.3 Å². The second-order valence-electron chi connectivity index (χ2n) is 5.64. The van der Waals surface area contributed by atoms with E-state index in [1.54, 1.807) is 6.20 Å². The number of nitrogen functional groups attached to an aromatic ring is 1. The molecule has 2 aromatic rings. The van der Waals surface area contributed by atoms with Crippen LogP contribution in [0.4, 0.5) is 5.69 Å². The summed E-state index contributed by atoms with van der Waals surface area (Å²) in [6, 6.07) is 5.51. The van der Waals surface area contributed by atoms with Crippen LogP contribution in [0, 0.1) is 0 Å². The fourth-order valence-electron chi connectivity index (χ4n) is 2.65. The molecule has 1 aromatic heterocycles. The van der Waals surface area contributed by atoms with Gasteiger partial charge < -0.3 is 20.8 Å². The van der Waals surface area contributed by atoms with Gasteiger partial charge in [0, 0.05) is 29.4 Å². The number of ether oxygens (including phenoxy) is 1. The lowest BCUT2D eigenvalue weighted by Gasteiger charge is -2.28. The van der Waals surface area contributed by atoms with E-state index in [-0.39, 0.29) is 17.6 Å². The predicted molar refractivity (Wildman–Crippen MR) is 78.6 cm³/mol. The highest BCUT2D eigenvalue weighted by molar-refractivity contribution is 6.07. The van der Waals surface area contributed by atoms with Gasteiger partial charge in [-0.05, 0) is 38.5 Å². The molecule has 0 aliphatic carbocycles. The van der Waals surface area contributed by atoms with Crippen LogP contribution in [0.2, 0.25) is 0 Å². The number of hydrogen-bond donors (Lipinski definition) is 3. The molecule has 0 spiro atoms. The summed E-state index contributed by atoms with van der Waals surface area (Å²) in [6.45, 7) is 4.69. The number of fused-ring (bicyclic) bond motifs is 1. The molecule has 5 heteroatoms. The van der Waals surface area contributed by atoms with Crippen LogP contribution in [0.5, 0.6) is 0 Å². The smallest absolute Gasteiger partial charge is 0.253 e. The molecule has 1 aromatic carbocycles. The maximum atomic E-state index is 12.5. The molecule has 1 fully saturated rings. The Hall–Kier alpha value is -2.01. The van der Waals surface area contributed by atoms with Crippen LogP contribution in [0.25, 0.3) is 10.9 Å². The Labute approximate surface area is 117 Å². The number of aromatic nitrogens is 1. The first-order valence-corrected chi connectivity index (χ1v) is 6.80. The molecule has 2 unspecified atom stereocenters. The SMILES string of the molecule is CC1OCCC1(C)NC(=O)c1c[nH]c2ccc(N)cc12. The summed E-state index contributed by atoms with van der Waals surface area (Å²) in [6.07, 6.45) is 2.56. The van der Waals surface area contributed by atoms with E-state index < -0.39 is 0 Å². The Morgan fingerprint density at radius 1 is 1.55 bits per heavy atom. The van der Waals surface area contributed by atoms with Crippen molar-refractivity contribution in [3.63, 3.8) is 0 Å². The molecule has 5 nitrogen and oxygen atoms in total. The summed E-state index contributed by atoms with van der Waals surface area (Å²) < 4.78 is 5.55. The van der Waals surface area contributed by atoms with Crippen molar-refractivity contribution in [1.82, 2.24) is 10.3 Å². The normalized spacial score (nSPS) is 26.0. The van der Waals surface area contributed by atoms with E-state index in [1.165, 1.54) is 0 Å². The van der Waals surface area contributed by atoms with Crippen molar-refractivity contribution in [2.45, 2.75) is 31.9 Å². The molecule has 1 aliphatic heterocycles. The van der Waals surface area contributed by atoms with Crippen LogP contribution in [-0.4, -0.2) is 29.1 Å². The van der Waals surface area contributed by atoms with Crippen molar-refractivity contribution in [3.05, 3.63) is 30.0 Å². The third kappa shape index (κ3) is 2.04. The van der Waals surface area contributed by atoms with Gasteiger partial charge in [0.15, 0.2) is 0 Å². The first-order chi connectivity index (χ1) is 9.49. The molecule has 106 valence electrons. The summed E-state index contributed by atoms with van der Waals surface area (Å²) in [7, 11) is 0. The minimum absolute atomic E-state index is 0.0155. The van der Waals surface area contributed by atoms with Gasteiger partial charge in [0.25, 0.3) is 5.91 Å². The lowest BCUT2D eigenvalue weighted by atomic mass is 9.94. The number of anilines is 1. The van der Waals surface area contributed by atoms with Crippen molar-refractivity contribution >= 4 is 22.5 Å². The van der Waals surface area contributed by atoms with E-state index in [4.69, 9.17) is 10.5 Å². The molecule has 2 heterocycles. The number of carbonyl (C=O) groups excluding carboxylic acids is 1. The number of aromatic amines is 1. The van der Waals surface area contributed by atoms with Gasteiger partial charge in [0.05, 0.1) is 17.2 Å². The first-order valence-electron chi connectivity index (χ1n) is 6.80. The monoisotopic (exact) mass is 273 g/mol. The Bertz CT molecular complexity index is 664. The molecular weight excluding hydrogens is 254 g/mol. The van der Waals surface area contributed by atoms with Gasteiger partial charge in [-0.25, -0.2) is 0 Å². The Balaban J connectivity index is 1.91. The number of nitrogens with two attached hydrogens (primary N) is 1. The number of benzene rings is 1. The zero-order valence-corrected chi connectivity index (χ0v) is 11.7. The average Bonchev–Trinajstić information content (AvgIpc) is 2.94. The first kappa shape index (κ1) is 13.0. The van der Waals surface area contributed by atoms with Crippen molar-refractivity contribution in [1.29, 1.82) is 0 Å². The van der Waals surface area contributed by atoms with Gasteiger partial charge >= 0.3 is 0 Å². The van der Waals surface area contributed by atoms with Gasteiger partial charge in [-0.15, -0.1) is 0 Å². The van der Waals surface area contributed by atoms with E-state index in [1.807, 2.05) is 32.0 Å². The van der Waals surface area contributed by atoms with Gasteiger partial charge in [0.1, 0.15) is 0 Å². The molecule has 1 amide bonds. The highest BCUT2D eigenvalue weighted by Crippen LogP contribution is 2.27. The minimum atomic E-state index is -0.318. The predicted octanol–water partition coefficient (Wildman–Crippen LogP) is 2.05. The maximum absolute atomic E-state index is 12.5. The Morgan fingerprint density at radius 3 is 3.05 bits per heavy atom. The molecule has 3 rings (SSSR count). The Morgan fingerprint density at radius 2 is 2.35 bits per heavy atom. The van der Waals surface area contributed by atoms with Crippen LogP contribution in [0.3, 0.4) is 0 Å². The van der Waals surface area contributed by atoms with Gasteiger partial charge in [-0.1, -0.05) is 0 Å². The fourth-order valence-corrected chi connectivity index (χ4v) is 2.65. The summed E-state index contributed by atoms with van der Waals surface area (Å²) in [5.41, 5.74) is 7.65. The van der Waals surface area contributed by atoms with Crippen molar-refractivity contribution < 1.29 is 9.53 Å². The van der Waals surface area contributed by atoms with Crippen LogP contribution in [0.15, 0.2) is 24.4 Å². The van der Waals surface area contributed by atoms with Crippen LogP contribution >= 0.6 is 0 Å². The van der Waals surface area contributed by atoms with Gasteiger partial charge in [-0.3, -0.25) is 4.79 Å². The molecule has 20 heavy (non-hydrogen) atoms. The molecule has 1 aliphatic rings. The van der Waals surface area contributed by atoms with Gasteiger partial charge in [0.2, 0.25) is 0 Å². The van der Waals surface area contributed by atoms with E-state index in [0.717, 1.165) is 17.3 Å². The molecule has 0 radical (unpaired) electrons. The molecular formula is C15H19N3O2. The summed E-state index contributed by atoms with van der Waals surface area (Å²) in [4.78, 5) is 15.6. The number of carbonyl (C=O) groups is 1. The molecule has 0 saturated carbocycles. The van der Waals surface area contributed by atoms with Crippen molar-refractivity contribution in [2.75, 3.05) is 12.3 Å². The molecule has 2 atom stereocenters. The van der Waals surface area contributed by atoms with Crippen molar-refractivity contribution in [3.8, 4) is 0 Å². The van der Waals surface area contributed by atoms with Crippen LogP contribution in [-0.2, 0) is 4.74 Å². The standard InChI is InChI=1S/C15H19N3O2/c1-9-15(2,5-6-20-9)18-14(19)12-8-17-13-4-3-10(16)7-11(12)13/h3-4,7-9,17H,5-6,16H2,1-2H3,(H,18,19). The molecule has 1 saturated heterocycles. The van der Waals surface area contributed by atoms with Crippen molar-refractivity contribution in [2.24, 2.45) is 0 Å². The second-order valence-corrected chi connectivity index (χ2v) is 5.64. The number of hydrogen-bond acceptors (Lipinski definition) is 3. The molecule has 0 bridgehead atoms. The van der Waals surface area contributed by atoms with Gasteiger partial charge in [-0.2, -0.15) is 0 Å². The zero-order valence-electron chi connectivity index (χ0n) is 11.7. The number of amides is 1. The largest absolute Gasteiger partial charge is 0.399 e. The average molecular weight is 273 g/mol. The topological polar surface area (TPSA) is 80.1 Å². The van der Waals surface area contributed by atoms with Crippen LogP contribution < -0.4 is 11.1 Å². The lowest BCUT2D eigenvalue weighted by molar-refractivity contribution is 0.0728. The van der Waals surface area contributed by atoms with E-state index in [9.17, 15) is 4.79 Å². The summed E-state index contributed by atoms with van der Waals surface area (Å²) in [5.74, 6) is -0.0956. The highest BCUT2D eigenvalue weighted by atomic mass is 16.5. The van der Waals surface area contributed by atoms with E-state index >= 15 is 0 Å². The summed E-state index contributed by atoms with van der Waals surface area (Å²) in [5, 5.41) is 3.94. The number of H-pyrrole nitrogens is 1. The highest BCUT2D eigenvalue weighted by Gasteiger charge is 2.38. The lowest BCUT2D eigenvalue weighted by Crippen LogP contribution is -2.50. The number of rotatable bonds is 2. The van der Waals surface area contributed by atoms with E-state index in [0.29, 0.717) is 17.9 Å². The third-order valence-electron chi connectivity index (χ3n) is 4.24. The van der Waals surface area contributed by atoms with Crippen LogP contribution in [0.1, 0.15) is 30.6 Å². The Kier molecular flexibility index (Phi) is 2.94. The zero-order chi connectivity index (χ0) is 14.3. The quantitative estimate of drug-likeness (QED) is 0.733. The maximum Gasteiger partial charge on any atom is 0.253 e. The summed E-state index contributed by atoms with van der Waals surface area (Å²) >= 11 is 0.